The minimum Gasteiger partial charge on any atom is -0.481 e. The van der Waals surface area contributed by atoms with E-state index < -0.39 is 5.97 Å². The van der Waals surface area contributed by atoms with Gasteiger partial charge in [0.05, 0.1) is 5.92 Å². The molecule has 0 spiro atoms. The lowest BCUT2D eigenvalue weighted by molar-refractivity contribution is -0.141. The second kappa shape index (κ2) is 4.97. The third-order valence-electron chi connectivity index (χ3n) is 4.77. The molecule has 0 bridgehead atoms. The summed E-state index contributed by atoms with van der Waals surface area (Å²) in [7, 11) is 0. The smallest absolute Gasteiger partial charge is 0.307 e. The first-order valence-corrected chi connectivity index (χ1v) is 7.22. The number of aliphatic carboxylic acids is 1. The van der Waals surface area contributed by atoms with Gasteiger partial charge in [-0.15, -0.1) is 0 Å². The third kappa shape index (κ3) is 2.27. The topological polar surface area (TPSA) is 40.5 Å². The van der Waals surface area contributed by atoms with Crippen LogP contribution in [-0.4, -0.2) is 29.1 Å². The van der Waals surface area contributed by atoms with Crippen LogP contribution in [0, 0.1) is 5.92 Å². The summed E-state index contributed by atoms with van der Waals surface area (Å²) in [6, 6.07) is 9.11. The van der Waals surface area contributed by atoms with Gasteiger partial charge in [0.1, 0.15) is 0 Å². The fourth-order valence-corrected chi connectivity index (χ4v) is 3.63. The molecule has 3 rings (SSSR count). The van der Waals surface area contributed by atoms with E-state index in [0.29, 0.717) is 18.5 Å². The van der Waals surface area contributed by atoms with Crippen molar-refractivity contribution >= 4 is 5.97 Å². The van der Waals surface area contributed by atoms with Crippen molar-refractivity contribution in [3.63, 3.8) is 0 Å². The number of benzene rings is 1. The van der Waals surface area contributed by atoms with Crippen LogP contribution in [0.4, 0.5) is 0 Å². The van der Waals surface area contributed by atoms with Gasteiger partial charge in [-0.05, 0) is 42.9 Å². The molecule has 0 radical (unpaired) electrons. The Morgan fingerprint density at radius 3 is 2.63 bits per heavy atom. The van der Waals surface area contributed by atoms with Gasteiger partial charge in [-0.3, -0.25) is 9.69 Å². The monoisotopic (exact) mass is 259 g/mol. The zero-order valence-electron chi connectivity index (χ0n) is 11.4. The molecule has 102 valence electrons. The molecule has 1 N–H and O–H groups in total. The summed E-state index contributed by atoms with van der Waals surface area (Å²) in [6.07, 6.45) is 3.16. The fourth-order valence-electron chi connectivity index (χ4n) is 3.63. The van der Waals surface area contributed by atoms with E-state index >= 15 is 0 Å². The number of carboxylic acids is 1. The number of rotatable bonds is 2. The number of nitrogens with zero attached hydrogens (tertiary/aromatic N) is 1. The Labute approximate surface area is 114 Å². The highest BCUT2D eigenvalue weighted by Crippen LogP contribution is 2.41. The molecule has 3 heteroatoms. The van der Waals surface area contributed by atoms with E-state index in [1.165, 1.54) is 17.5 Å². The fraction of sp³-hybridized carbons (Fsp3) is 0.562. The van der Waals surface area contributed by atoms with Crippen LogP contribution in [0.15, 0.2) is 24.3 Å². The molecular weight excluding hydrogens is 238 g/mol. The summed E-state index contributed by atoms with van der Waals surface area (Å²) in [5.74, 6) is -0.184. The van der Waals surface area contributed by atoms with E-state index in [9.17, 15) is 4.79 Å². The Balaban J connectivity index is 1.83. The van der Waals surface area contributed by atoms with Crippen molar-refractivity contribution in [3.05, 3.63) is 35.4 Å². The van der Waals surface area contributed by atoms with E-state index in [0.717, 1.165) is 19.4 Å². The van der Waals surface area contributed by atoms with Crippen molar-refractivity contribution in [1.29, 1.82) is 0 Å². The van der Waals surface area contributed by atoms with Crippen LogP contribution >= 0.6 is 0 Å². The van der Waals surface area contributed by atoms with Gasteiger partial charge in [-0.1, -0.05) is 31.2 Å². The van der Waals surface area contributed by atoms with Crippen molar-refractivity contribution in [3.8, 4) is 0 Å². The summed E-state index contributed by atoms with van der Waals surface area (Å²) >= 11 is 0. The van der Waals surface area contributed by atoms with Crippen molar-refractivity contribution in [2.45, 2.75) is 38.1 Å². The van der Waals surface area contributed by atoms with Crippen LogP contribution in [0.1, 0.15) is 49.3 Å². The van der Waals surface area contributed by atoms with Gasteiger partial charge in [0.15, 0.2) is 0 Å². The predicted molar refractivity (Wildman–Crippen MR) is 74.1 cm³/mol. The van der Waals surface area contributed by atoms with Gasteiger partial charge < -0.3 is 5.11 Å². The lowest BCUT2D eigenvalue weighted by Crippen LogP contribution is -2.31. The number of hydrogen-bond acceptors (Lipinski definition) is 2. The van der Waals surface area contributed by atoms with E-state index in [2.05, 4.69) is 36.1 Å². The molecule has 0 saturated carbocycles. The first-order chi connectivity index (χ1) is 9.16. The first kappa shape index (κ1) is 12.7. The molecule has 1 fully saturated rings. The average molecular weight is 259 g/mol. The van der Waals surface area contributed by atoms with Gasteiger partial charge in [0, 0.05) is 12.6 Å². The summed E-state index contributed by atoms with van der Waals surface area (Å²) in [6.45, 7) is 3.92. The largest absolute Gasteiger partial charge is 0.481 e. The lowest BCUT2D eigenvalue weighted by Gasteiger charge is -2.35. The Hall–Kier alpha value is -1.35. The minimum absolute atomic E-state index is 0.175. The zero-order valence-corrected chi connectivity index (χ0v) is 11.4. The molecule has 3 atom stereocenters. The van der Waals surface area contributed by atoms with Crippen molar-refractivity contribution < 1.29 is 9.90 Å². The van der Waals surface area contributed by atoms with Crippen LogP contribution in [0.25, 0.3) is 0 Å². The molecule has 1 heterocycles. The highest BCUT2D eigenvalue weighted by atomic mass is 16.4. The Kier molecular flexibility index (Phi) is 3.31. The van der Waals surface area contributed by atoms with E-state index in [4.69, 9.17) is 5.11 Å². The van der Waals surface area contributed by atoms with Gasteiger partial charge >= 0.3 is 5.97 Å². The van der Waals surface area contributed by atoms with Crippen LogP contribution < -0.4 is 0 Å². The molecule has 1 aromatic carbocycles. The summed E-state index contributed by atoms with van der Waals surface area (Å²) < 4.78 is 0. The van der Waals surface area contributed by atoms with Crippen LogP contribution in [-0.2, 0) is 4.79 Å². The Bertz CT molecular complexity index is 485. The van der Waals surface area contributed by atoms with Crippen molar-refractivity contribution in [2.75, 3.05) is 13.1 Å². The van der Waals surface area contributed by atoms with Crippen LogP contribution in [0.5, 0.6) is 0 Å². The molecule has 2 aliphatic rings. The van der Waals surface area contributed by atoms with Gasteiger partial charge in [0.25, 0.3) is 0 Å². The molecule has 0 amide bonds. The molecule has 19 heavy (non-hydrogen) atoms. The summed E-state index contributed by atoms with van der Waals surface area (Å²) in [5, 5.41) is 9.14. The maximum Gasteiger partial charge on any atom is 0.307 e. The van der Waals surface area contributed by atoms with Crippen molar-refractivity contribution in [2.24, 2.45) is 5.92 Å². The Morgan fingerprint density at radius 1 is 1.21 bits per heavy atom. The van der Waals surface area contributed by atoms with E-state index in [1.54, 1.807) is 0 Å². The molecule has 1 aliphatic carbocycles. The molecule has 3 unspecified atom stereocenters. The highest BCUT2D eigenvalue weighted by molar-refractivity contribution is 5.70. The maximum atomic E-state index is 11.1. The number of carbonyl (C=O) groups is 1. The van der Waals surface area contributed by atoms with E-state index in [1.807, 2.05) is 0 Å². The number of carboxylic acid groups (broad SMARTS) is 1. The SMILES string of the molecule is CC1CCC(N2CCC(C(=O)O)C2)c2ccccc21. The number of hydrogen-bond donors (Lipinski definition) is 1. The van der Waals surface area contributed by atoms with Gasteiger partial charge in [-0.25, -0.2) is 0 Å². The van der Waals surface area contributed by atoms with Gasteiger partial charge in [-0.2, -0.15) is 0 Å². The zero-order chi connectivity index (χ0) is 13.4. The molecule has 1 saturated heterocycles. The standard InChI is InChI=1S/C16H21NO2/c1-11-6-7-15(14-5-3-2-4-13(11)14)17-9-8-12(10-17)16(18)19/h2-5,11-12,15H,6-10H2,1H3,(H,18,19). The first-order valence-electron chi connectivity index (χ1n) is 7.22. The van der Waals surface area contributed by atoms with Crippen LogP contribution in [0.2, 0.25) is 0 Å². The quantitative estimate of drug-likeness (QED) is 0.887. The van der Waals surface area contributed by atoms with Gasteiger partial charge in [0.2, 0.25) is 0 Å². The lowest BCUT2D eigenvalue weighted by atomic mass is 9.80. The highest BCUT2D eigenvalue weighted by Gasteiger charge is 2.35. The second-order valence-electron chi connectivity index (χ2n) is 5.94. The molecular formula is C16H21NO2. The maximum absolute atomic E-state index is 11.1. The van der Waals surface area contributed by atoms with Crippen LogP contribution in [0.3, 0.4) is 0 Å². The van der Waals surface area contributed by atoms with Crippen molar-refractivity contribution in [1.82, 2.24) is 4.90 Å². The Morgan fingerprint density at radius 2 is 1.95 bits per heavy atom. The van der Waals surface area contributed by atoms with E-state index in [-0.39, 0.29) is 5.92 Å². The molecule has 3 nitrogen and oxygen atoms in total. The average Bonchev–Trinajstić information content (AvgIpc) is 2.89. The molecule has 1 aliphatic heterocycles. The number of fused-ring (bicyclic) bond motifs is 1. The predicted octanol–water partition coefficient (Wildman–Crippen LogP) is 3.03. The summed E-state index contributed by atoms with van der Waals surface area (Å²) in [5.41, 5.74) is 2.88. The third-order valence-corrected chi connectivity index (χ3v) is 4.77. The molecule has 1 aromatic rings. The second-order valence-corrected chi connectivity index (χ2v) is 5.94. The normalized spacial score (nSPS) is 31.1. The minimum atomic E-state index is -0.639. The summed E-state index contributed by atoms with van der Waals surface area (Å²) in [4.78, 5) is 13.5. The number of likely N-dealkylation sites (tertiary alicyclic amines) is 1. The molecule has 0 aromatic heterocycles.